The quantitative estimate of drug-likeness (QED) is 0.900. The summed E-state index contributed by atoms with van der Waals surface area (Å²) in [7, 11) is 0. The van der Waals surface area contributed by atoms with Gasteiger partial charge in [0.2, 0.25) is 0 Å². The van der Waals surface area contributed by atoms with Crippen LogP contribution in [0.5, 0.6) is 0 Å². The molecule has 0 bridgehead atoms. The van der Waals surface area contributed by atoms with Crippen molar-refractivity contribution in [3.63, 3.8) is 0 Å². The van der Waals surface area contributed by atoms with Crippen LogP contribution >= 0.6 is 15.9 Å². The van der Waals surface area contributed by atoms with Crippen molar-refractivity contribution in [2.24, 2.45) is 0 Å². The number of aryl methyl sites for hydroxylation is 1. The summed E-state index contributed by atoms with van der Waals surface area (Å²) < 4.78 is 1.46. The highest BCUT2D eigenvalue weighted by Gasteiger charge is 2.06. The molecule has 5 nitrogen and oxygen atoms in total. The van der Waals surface area contributed by atoms with Crippen molar-refractivity contribution in [2.45, 2.75) is 13.5 Å². The van der Waals surface area contributed by atoms with Crippen molar-refractivity contribution in [1.82, 2.24) is 14.5 Å². The zero-order valence-corrected chi connectivity index (χ0v) is 10.7. The van der Waals surface area contributed by atoms with E-state index in [0.717, 1.165) is 15.7 Å². The highest BCUT2D eigenvalue weighted by Crippen LogP contribution is 2.02. The Balaban J connectivity index is 2.47. The van der Waals surface area contributed by atoms with E-state index in [2.05, 4.69) is 25.9 Å². The molecule has 0 saturated carbocycles. The molecule has 0 amide bonds. The SMILES string of the molecule is Cc1cncc(Cn2c(=O)[nH]cc(Br)c2=O)c1. The van der Waals surface area contributed by atoms with Gasteiger partial charge in [0.05, 0.1) is 11.0 Å². The average Bonchev–Trinajstić information content (AvgIpc) is 2.30. The zero-order chi connectivity index (χ0) is 12.4. The van der Waals surface area contributed by atoms with Crippen molar-refractivity contribution in [2.75, 3.05) is 0 Å². The summed E-state index contributed by atoms with van der Waals surface area (Å²) in [5.41, 5.74) is 1.02. The second kappa shape index (κ2) is 4.67. The number of nitrogens with zero attached hydrogens (tertiary/aromatic N) is 2. The van der Waals surface area contributed by atoms with Gasteiger partial charge in [-0.15, -0.1) is 0 Å². The molecular formula is C11H10BrN3O2. The first kappa shape index (κ1) is 11.8. The van der Waals surface area contributed by atoms with Gasteiger partial charge in [-0.3, -0.25) is 14.3 Å². The number of nitrogens with one attached hydrogen (secondary N) is 1. The number of aromatic amines is 1. The smallest absolute Gasteiger partial charge is 0.313 e. The van der Waals surface area contributed by atoms with Crippen LogP contribution in [0.4, 0.5) is 0 Å². The molecule has 0 aliphatic rings. The number of halogens is 1. The fourth-order valence-electron chi connectivity index (χ4n) is 1.52. The molecule has 0 atom stereocenters. The third-order valence-electron chi connectivity index (χ3n) is 2.29. The van der Waals surface area contributed by atoms with Crippen LogP contribution in [0.15, 0.2) is 38.7 Å². The van der Waals surface area contributed by atoms with Crippen LogP contribution in [0.1, 0.15) is 11.1 Å². The highest BCUT2D eigenvalue weighted by atomic mass is 79.9. The Labute approximate surface area is 105 Å². The predicted octanol–water partition coefficient (Wildman–Crippen LogP) is 1.05. The predicted molar refractivity (Wildman–Crippen MR) is 67.1 cm³/mol. The van der Waals surface area contributed by atoms with Crippen molar-refractivity contribution < 1.29 is 0 Å². The minimum atomic E-state index is -0.431. The van der Waals surface area contributed by atoms with E-state index in [1.807, 2.05) is 13.0 Å². The molecule has 88 valence electrons. The first-order valence-corrected chi connectivity index (χ1v) is 5.76. The normalized spacial score (nSPS) is 10.5. The minimum absolute atomic E-state index is 0.211. The monoisotopic (exact) mass is 295 g/mol. The van der Waals surface area contributed by atoms with Gasteiger partial charge in [-0.2, -0.15) is 0 Å². The van der Waals surface area contributed by atoms with Gasteiger partial charge >= 0.3 is 5.69 Å². The summed E-state index contributed by atoms with van der Waals surface area (Å²) in [6.07, 6.45) is 4.70. The first-order chi connectivity index (χ1) is 8.08. The van der Waals surface area contributed by atoms with Gasteiger partial charge in [0, 0.05) is 18.6 Å². The lowest BCUT2D eigenvalue weighted by Crippen LogP contribution is -2.35. The molecule has 2 rings (SSSR count). The van der Waals surface area contributed by atoms with E-state index in [-0.39, 0.29) is 12.1 Å². The maximum atomic E-state index is 11.8. The summed E-state index contributed by atoms with van der Waals surface area (Å²) in [6.45, 7) is 2.12. The molecule has 2 heterocycles. The second-order valence-corrected chi connectivity index (χ2v) is 4.56. The number of pyridine rings is 1. The molecule has 17 heavy (non-hydrogen) atoms. The number of hydrogen-bond donors (Lipinski definition) is 1. The van der Waals surface area contributed by atoms with E-state index in [4.69, 9.17) is 0 Å². The van der Waals surface area contributed by atoms with Crippen LogP contribution in [0.2, 0.25) is 0 Å². The third kappa shape index (κ3) is 2.52. The average molecular weight is 296 g/mol. The molecule has 1 N–H and O–H groups in total. The van der Waals surface area contributed by atoms with Gasteiger partial charge < -0.3 is 4.98 Å². The van der Waals surface area contributed by atoms with Crippen molar-refractivity contribution in [3.8, 4) is 0 Å². The topological polar surface area (TPSA) is 67.8 Å². The molecule has 0 spiro atoms. The Kier molecular flexibility index (Phi) is 3.23. The molecule has 0 aliphatic heterocycles. The van der Waals surface area contributed by atoms with E-state index in [1.165, 1.54) is 6.20 Å². The summed E-state index contributed by atoms with van der Waals surface area (Å²) in [6, 6.07) is 1.89. The van der Waals surface area contributed by atoms with Gasteiger partial charge in [-0.25, -0.2) is 4.79 Å². The molecule has 2 aromatic rings. The van der Waals surface area contributed by atoms with Crippen LogP contribution in [0.3, 0.4) is 0 Å². The molecule has 0 fully saturated rings. The molecule has 6 heteroatoms. The van der Waals surface area contributed by atoms with E-state index >= 15 is 0 Å². The van der Waals surface area contributed by atoms with Gasteiger partial charge in [-0.1, -0.05) is 6.07 Å². The second-order valence-electron chi connectivity index (χ2n) is 3.70. The van der Waals surface area contributed by atoms with Crippen LogP contribution in [-0.4, -0.2) is 14.5 Å². The third-order valence-corrected chi connectivity index (χ3v) is 2.86. The van der Waals surface area contributed by atoms with E-state index in [0.29, 0.717) is 4.47 Å². The Hall–Kier alpha value is -1.69. The van der Waals surface area contributed by atoms with Gasteiger partial charge in [-0.05, 0) is 34.0 Å². The van der Waals surface area contributed by atoms with Crippen LogP contribution in [-0.2, 0) is 6.54 Å². The number of hydrogen-bond acceptors (Lipinski definition) is 3. The highest BCUT2D eigenvalue weighted by molar-refractivity contribution is 9.10. The van der Waals surface area contributed by atoms with Crippen LogP contribution in [0, 0.1) is 6.92 Å². The summed E-state index contributed by atoms with van der Waals surface area (Å²) >= 11 is 3.09. The maximum Gasteiger partial charge on any atom is 0.328 e. The lowest BCUT2D eigenvalue weighted by atomic mass is 10.2. The van der Waals surface area contributed by atoms with Crippen molar-refractivity contribution in [1.29, 1.82) is 0 Å². The molecule has 0 radical (unpaired) electrons. The maximum absolute atomic E-state index is 11.8. The van der Waals surface area contributed by atoms with Crippen molar-refractivity contribution in [3.05, 3.63) is 61.1 Å². The van der Waals surface area contributed by atoms with Crippen LogP contribution in [0.25, 0.3) is 0 Å². The van der Waals surface area contributed by atoms with E-state index in [1.54, 1.807) is 12.4 Å². The van der Waals surface area contributed by atoms with E-state index < -0.39 is 5.69 Å². The van der Waals surface area contributed by atoms with Gasteiger partial charge in [0.1, 0.15) is 0 Å². The van der Waals surface area contributed by atoms with E-state index in [9.17, 15) is 9.59 Å². The fourth-order valence-corrected chi connectivity index (χ4v) is 1.84. The lowest BCUT2D eigenvalue weighted by Gasteiger charge is -2.05. The Morgan fingerprint density at radius 1 is 1.41 bits per heavy atom. The molecule has 0 aromatic carbocycles. The van der Waals surface area contributed by atoms with Gasteiger partial charge in [0.15, 0.2) is 0 Å². The Bertz CT molecular complexity index is 660. The largest absolute Gasteiger partial charge is 0.328 e. The van der Waals surface area contributed by atoms with Gasteiger partial charge in [0.25, 0.3) is 5.56 Å². The summed E-state index contributed by atoms with van der Waals surface area (Å²) in [5.74, 6) is 0. The molecule has 0 unspecified atom stereocenters. The van der Waals surface area contributed by atoms with Crippen molar-refractivity contribution >= 4 is 15.9 Å². The Morgan fingerprint density at radius 3 is 2.88 bits per heavy atom. The minimum Gasteiger partial charge on any atom is -0.313 e. The molecule has 0 aliphatic carbocycles. The molecule has 0 saturated heterocycles. The summed E-state index contributed by atoms with van der Waals surface area (Å²) in [5, 5.41) is 0. The number of aromatic nitrogens is 3. The van der Waals surface area contributed by atoms with Crippen LogP contribution < -0.4 is 11.2 Å². The zero-order valence-electron chi connectivity index (χ0n) is 9.11. The number of rotatable bonds is 2. The number of H-pyrrole nitrogens is 1. The standard InChI is InChI=1S/C11H10BrN3O2/c1-7-2-8(4-13-3-7)6-15-10(16)9(12)5-14-11(15)17/h2-5H,6H2,1H3,(H,14,17). The first-order valence-electron chi connectivity index (χ1n) is 4.96. The lowest BCUT2D eigenvalue weighted by molar-refractivity contribution is 0.691. The molecular weight excluding hydrogens is 286 g/mol. The molecule has 2 aromatic heterocycles. The Morgan fingerprint density at radius 2 is 2.18 bits per heavy atom. The fraction of sp³-hybridized carbons (Fsp3) is 0.182. The summed E-state index contributed by atoms with van der Waals surface area (Å²) in [4.78, 5) is 29.8.